The maximum atomic E-state index is 11.2. The van der Waals surface area contributed by atoms with E-state index in [1.165, 1.54) is 10.5 Å². The molecular weight excluding hydrogens is 459 g/mol. The van der Waals surface area contributed by atoms with Crippen LogP contribution in [0.15, 0.2) is 34.2 Å². The number of thioether (sulfide) groups is 1. The van der Waals surface area contributed by atoms with Crippen molar-refractivity contribution in [2.75, 3.05) is 31.9 Å². The summed E-state index contributed by atoms with van der Waals surface area (Å²) in [7, 11) is 0. The van der Waals surface area contributed by atoms with Crippen LogP contribution in [0, 0.1) is 12.8 Å². The van der Waals surface area contributed by atoms with Gasteiger partial charge in [-0.1, -0.05) is 17.7 Å². The Labute approximate surface area is 178 Å². The van der Waals surface area contributed by atoms with Gasteiger partial charge in [-0.2, -0.15) is 0 Å². The molecule has 1 heterocycles. The number of hydrogen-bond acceptors (Lipinski definition) is 3. The third-order valence-corrected chi connectivity index (χ3v) is 5.28. The number of nitrogens with one attached hydrogen (secondary N) is 1. The minimum atomic E-state index is -0.205. The number of hydrogen-bond donors (Lipinski definition) is 2. The third-order valence-electron chi connectivity index (χ3n) is 4.29. The SMILES string of the molecule is CCNC(=NCCSc1ccc(C)cc1)N1CCCC(CC(N)=O)C1.I. The standard InChI is InChI=1S/C19H30N4OS.HI/c1-3-21-19(23-11-4-5-16(14-23)13-18(20)24)22-10-12-25-17-8-6-15(2)7-9-17;/h6-9,16H,3-5,10-14H2,1-2H3,(H2,20,24)(H,21,22);1H. The minimum Gasteiger partial charge on any atom is -0.370 e. The largest absolute Gasteiger partial charge is 0.370 e. The summed E-state index contributed by atoms with van der Waals surface area (Å²) in [6.45, 7) is 7.66. The Bertz CT molecular complexity index is 579. The molecule has 1 aromatic rings. The molecule has 0 aliphatic carbocycles. The number of carbonyl (C=O) groups is 1. The summed E-state index contributed by atoms with van der Waals surface area (Å²) in [5.41, 5.74) is 6.64. The van der Waals surface area contributed by atoms with Gasteiger partial charge in [0.15, 0.2) is 5.96 Å². The smallest absolute Gasteiger partial charge is 0.217 e. The van der Waals surface area contributed by atoms with Gasteiger partial charge in [0, 0.05) is 36.7 Å². The van der Waals surface area contributed by atoms with E-state index in [9.17, 15) is 4.79 Å². The van der Waals surface area contributed by atoms with E-state index in [0.717, 1.165) is 50.7 Å². The van der Waals surface area contributed by atoms with Crippen LogP contribution in [0.1, 0.15) is 31.7 Å². The molecule has 146 valence electrons. The van der Waals surface area contributed by atoms with E-state index in [-0.39, 0.29) is 29.9 Å². The van der Waals surface area contributed by atoms with Gasteiger partial charge in [-0.3, -0.25) is 9.79 Å². The molecule has 0 bridgehead atoms. The number of primary amides is 1. The van der Waals surface area contributed by atoms with Crippen LogP contribution in [-0.2, 0) is 4.79 Å². The first-order valence-electron chi connectivity index (χ1n) is 9.09. The lowest BCUT2D eigenvalue weighted by Crippen LogP contribution is -2.47. The highest BCUT2D eigenvalue weighted by molar-refractivity contribution is 14.0. The molecule has 2 rings (SSSR count). The molecule has 0 saturated carbocycles. The van der Waals surface area contributed by atoms with Gasteiger partial charge in [-0.25, -0.2) is 0 Å². The monoisotopic (exact) mass is 490 g/mol. The van der Waals surface area contributed by atoms with Crippen molar-refractivity contribution < 1.29 is 4.79 Å². The van der Waals surface area contributed by atoms with Crippen LogP contribution in [0.25, 0.3) is 0 Å². The number of halogens is 1. The fraction of sp³-hybridized carbons (Fsp3) is 0.579. The lowest BCUT2D eigenvalue weighted by Gasteiger charge is -2.34. The van der Waals surface area contributed by atoms with E-state index >= 15 is 0 Å². The summed E-state index contributed by atoms with van der Waals surface area (Å²) in [6, 6.07) is 8.60. The quantitative estimate of drug-likeness (QED) is 0.203. The van der Waals surface area contributed by atoms with E-state index in [1.807, 2.05) is 11.8 Å². The van der Waals surface area contributed by atoms with Crippen LogP contribution in [0.4, 0.5) is 0 Å². The van der Waals surface area contributed by atoms with Crippen molar-refractivity contribution in [1.29, 1.82) is 0 Å². The number of likely N-dealkylation sites (tertiary alicyclic amines) is 1. The Morgan fingerprint density at radius 2 is 2.12 bits per heavy atom. The van der Waals surface area contributed by atoms with E-state index in [4.69, 9.17) is 10.7 Å². The zero-order chi connectivity index (χ0) is 18.1. The van der Waals surface area contributed by atoms with Gasteiger partial charge >= 0.3 is 0 Å². The minimum absolute atomic E-state index is 0. The number of rotatable bonds is 7. The van der Waals surface area contributed by atoms with Crippen LogP contribution in [-0.4, -0.2) is 48.7 Å². The number of piperidine rings is 1. The van der Waals surface area contributed by atoms with E-state index < -0.39 is 0 Å². The van der Waals surface area contributed by atoms with Crippen molar-refractivity contribution in [3.8, 4) is 0 Å². The lowest BCUT2D eigenvalue weighted by atomic mass is 9.95. The van der Waals surface area contributed by atoms with Gasteiger partial charge in [-0.15, -0.1) is 35.7 Å². The number of carbonyl (C=O) groups excluding carboxylic acids is 1. The van der Waals surface area contributed by atoms with E-state index in [2.05, 4.69) is 48.3 Å². The molecule has 0 aromatic heterocycles. The van der Waals surface area contributed by atoms with Gasteiger partial charge in [0.2, 0.25) is 5.91 Å². The molecule has 1 unspecified atom stereocenters. The second-order valence-electron chi connectivity index (χ2n) is 6.52. The average Bonchev–Trinajstić information content (AvgIpc) is 2.59. The van der Waals surface area contributed by atoms with Gasteiger partial charge in [0.25, 0.3) is 0 Å². The average molecular weight is 490 g/mol. The molecule has 26 heavy (non-hydrogen) atoms. The first-order chi connectivity index (χ1) is 12.1. The summed E-state index contributed by atoms with van der Waals surface area (Å²) >= 11 is 1.83. The highest BCUT2D eigenvalue weighted by Crippen LogP contribution is 2.20. The predicted octanol–water partition coefficient (Wildman–Crippen LogP) is 3.26. The van der Waals surface area contributed by atoms with Crippen LogP contribution in [0.3, 0.4) is 0 Å². The van der Waals surface area contributed by atoms with Crippen molar-refractivity contribution in [2.24, 2.45) is 16.6 Å². The Kier molecular flexibility index (Phi) is 11.0. The number of amides is 1. The molecule has 1 aliphatic rings. The Hall–Kier alpha value is -0.960. The fourth-order valence-electron chi connectivity index (χ4n) is 3.08. The molecule has 1 amide bonds. The van der Waals surface area contributed by atoms with Gasteiger partial charge in [0.05, 0.1) is 6.54 Å². The Balaban J connectivity index is 0.00000338. The number of aryl methyl sites for hydroxylation is 1. The first-order valence-corrected chi connectivity index (χ1v) is 10.1. The Morgan fingerprint density at radius 1 is 1.38 bits per heavy atom. The summed E-state index contributed by atoms with van der Waals surface area (Å²) in [4.78, 5) is 19.5. The fourth-order valence-corrected chi connectivity index (χ4v) is 3.83. The van der Waals surface area contributed by atoms with Crippen molar-refractivity contribution in [1.82, 2.24) is 10.2 Å². The lowest BCUT2D eigenvalue weighted by molar-refractivity contribution is -0.119. The van der Waals surface area contributed by atoms with Crippen LogP contribution >= 0.6 is 35.7 Å². The van der Waals surface area contributed by atoms with Gasteiger partial charge in [-0.05, 0) is 44.7 Å². The van der Waals surface area contributed by atoms with Gasteiger partial charge < -0.3 is 16.0 Å². The molecule has 1 saturated heterocycles. The maximum absolute atomic E-state index is 11.2. The molecule has 0 spiro atoms. The highest BCUT2D eigenvalue weighted by Gasteiger charge is 2.23. The maximum Gasteiger partial charge on any atom is 0.217 e. The first kappa shape index (κ1) is 23.1. The molecule has 3 N–H and O–H groups in total. The summed E-state index contributed by atoms with van der Waals surface area (Å²) < 4.78 is 0. The highest BCUT2D eigenvalue weighted by atomic mass is 127. The Morgan fingerprint density at radius 3 is 2.77 bits per heavy atom. The van der Waals surface area contributed by atoms with Gasteiger partial charge in [0.1, 0.15) is 0 Å². The van der Waals surface area contributed by atoms with Crippen LogP contribution in [0.5, 0.6) is 0 Å². The van der Waals surface area contributed by atoms with E-state index in [1.54, 1.807) is 0 Å². The van der Waals surface area contributed by atoms with Crippen molar-refractivity contribution in [3.05, 3.63) is 29.8 Å². The second kappa shape index (κ2) is 12.4. The molecule has 7 heteroatoms. The number of aliphatic imine (C=N–C) groups is 1. The zero-order valence-corrected chi connectivity index (χ0v) is 18.9. The zero-order valence-electron chi connectivity index (χ0n) is 15.7. The van der Waals surface area contributed by atoms with E-state index in [0.29, 0.717) is 12.3 Å². The molecule has 1 fully saturated rings. The second-order valence-corrected chi connectivity index (χ2v) is 7.69. The van der Waals surface area contributed by atoms with Crippen molar-refractivity contribution in [3.63, 3.8) is 0 Å². The van der Waals surface area contributed by atoms with Crippen molar-refractivity contribution in [2.45, 2.75) is 38.0 Å². The molecular formula is C19H31IN4OS. The summed E-state index contributed by atoms with van der Waals surface area (Å²) in [6.07, 6.45) is 2.63. The number of nitrogens with zero attached hydrogens (tertiary/aromatic N) is 2. The normalized spacial score (nSPS) is 17.5. The van der Waals surface area contributed by atoms with Crippen LogP contribution in [0.2, 0.25) is 0 Å². The molecule has 0 radical (unpaired) electrons. The topological polar surface area (TPSA) is 70.7 Å². The van der Waals surface area contributed by atoms with Crippen LogP contribution < -0.4 is 11.1 Å². The number of guanidine groups is 1. The molecule has 1 aliphatic heterocycles. The molecule has 1 aromatic carbocycles. The number of nitrogens with two attached hydrogens (primary N) is 1. The number of benzene rings is 1. The third kappa shape index (κ3) is 8.16. The summed E-state index contributed by atoms with van der Waals surface area (Å²) in [5, 5.41) is 3.38. The molecule has 1 atom stereocenters. The summed E-state index contributed by atoms with van der Waals surface area (Å²) in [5.74, 6) is 2.05. The molecule has 5 nitrogen and oxygen atoms in total. The predicted molar refractivity (Wildman–Crippen MR) is 121 cm³/mol. The van der Waals surface area contributed by atoms with Crippen molar-refractivity contribution >= 4 is 47.6 Å².